The van der Waals surface area contributed by atoms with Crippen LogP contribution in [0.3, 0.4) is 0 Å². The highest BCUT2D eigenvalue weighted by atomic mass is 32.1. The first-order valence-electron chi connectivity index (χ1n) is 7.16. The number of carbonyl (C=O) groups is 1. The first kappa shape index (κ1) is 15.7. The lowest BCUT2D eigenvalue weighted by Gasteiger charge is -2.28. The van der Waals surface area contributed by atoms with Crippen molar-refractivity contribution in [1.82, 2.24) is 10.3 Å². The second-order valence-electron chi connectivity index (χ2n) is 4.93. The van der Waals surface area contributed by atoms with Crippen LogP contribution in [0.4, 0.5) is 9.93 Å². The minimum Gasteiger partial charge on any atom is -0.369 e. The van der Waals surface area contributed by atoms with Crippen molar-refractivity contribution in [2.45, 2.75) is 44.9 Å². The molecule has 0 radical (unpaired) electrons. The molecule has 1 aliphatic carbocycles. The summed E-state index contributed by atoms with van der Waals surface area (Å²) in [5.41, 5.74) is 0. The number of rotatable bonds is 6. The topological polar surface area (TPSA) is 63.2 Å². The summed E-state index contributed by atoms with van der Waals surface area (Å²) >= 11 is 1.39. The maximum atomic E-state index is 12.0. The van der Waals surface area contributed by atoms with Crippen LogP contribution in [0.25, 0.3) is 0 Å². The number of aromatic nitrogens is 1. The van der Waals surface area contributed by atoms with Crippen LogP contribution in [0.2, 0.25) is 0 Å². The van der Waals surface area contributed by atoms with Crippen LogP contribution in [-0.2, 0) is 4.74 Å². The number of nitrogens with one attached hydrogen (secondary N) is 2. The zero-order chi connectivity index (χ0) is 15.1. The van der Waals surface area contributed by atoms with E-state index in [0.29, 0.717) is 5.13 Å². The van der Waals surface area contributed by atoms with E-state index in [2.05, 4.69) is 29.5 Å². The highest BCUT2D eigenvalue weighted by molar-refractivity contribution is 7.13. The largest absolute Gasteiger partial charge is 0.369 e. The van der Waals surface area contributed by atoms with E-state index in [1.54, 1.807) is 6.20 Å². The van der Waals surface area contributed by atoms with E-state index in [4.69, 9.17) is 4.74 Å². The third kappa shape index (κ3) is 4.99. The lowest BCUT2D eigenvalue weighted by atomic mass is 10.1. The predicted octanol–water partition coefficient (Wildman–Crippen LogP) is 3.33. The maximum Gasteiger partial charge on any atom is 0.321 e. The SMILES string of the molecule is CCCC(C)OC1C=CC=CC1NC(=O)Nc1nccs1. The molecule has 3 atom stereocenters. The number of thiazole rings is 1. The van der Waals surface area contributed by atoms with E-state index in [9.17, 15) is 4.79 Å². The fourth-order valence-electron chi connectivity index (χ4n) is 2.16. The molecule has 1 aromatic rings. The Morgan fingerprint density at radius 2 is 2.29 bits per heavy atom. The maximum absolute atomic E-state index is 12.0. The monoisotopic (exact) mass is 307 g/mol. The van der Waals surface area contributed by atoms with Crippen molar-refractivity contribution in [3.05, 3.63) is 35.9 Å². The zero-order valence-corrected chi connectivity index (χ0v) is 13.1. The van der Waals surface area contributed by atoms with E-state index < -0.39 is 0 Å². The van der Waals surface area contributed by atoms with Gasteiger partial charge in [0, 0.05) is 11.6 Å². The van der Waals surface area contributed by atoms with Gasteiger partial charge in [-0.3, -0.25) is 5.32 Å². The molecule has 114 valence electrons. The molecule has 1 heterocycles. The Labute approximate surface area is 129 Å². The van der Waals surface area contributed by atoms with Crippen LogP contribution < -0.4 is 10.6 Å². The van der Waals surface area contributed by atoms with Crippen LogP contribution in [0.1, 0.15) is 26.7 Å². The van der Waals surface area contributed by atoms with Crippen molar-refractivity contribution in [3.8, 4) is 0 Å². The Balaban J connectivity index is 1.88. The quantitative estimate of drug-likeness (QED) is 0.847. The Bertz CT molecular complexity index is 499. The molecule has 3 unspecified atom stereocenters. The number of ether oxygens (including phenoxy) is 1. The van der Waals surface area contributed by atoms with Gasteiger partial charge in [0.05, 0.1) is 12.1 Å². The number of carbonyl (C=O) groups excluding carboxylic acids is 1. The van der Waals surface area contributed by atoms with Crippen LogP contribution in [0.15, 0.2) is 35.9 Å². The molecule has 6 heteroatoms. The summed E-state index contributed by atoms with van der Waals surface area (Å²) in [6.45, 7) is 4.19. The molecule has 1 aliphatic rings. The molecule has 0 spiro atoms. The van der Waals surface area contributed by atoms with Gasteiger partial charge in [0.25, 0.3) is 0 Å². The van der Waals surface area contributed by atoms with Gasteiger partial charge in [-0.1, -0.05) is 37.6 Å². The molecule has 0 aromatic carbocycles. The lowest BCUT2D eigenvalue weighted by Crippen LogP contribution is -2.45. The number of amides is 2. The highest BCUT2D eigenvalue weighted by Gasteiger charge is 2.23. The van der Waals surface area contributed by atoms with E-state index >= 15 is 0 Å². The Morgan fingerprint density at radius 3 is 3.00 bits per heavy atom. The van der Waals surface area contributed by atoms with Crippen molar-refractivity contribution >= 4 is 22.5 Å². The van der Waals surface area contributed by atoms with Gasteiger partial charge >= 0.3 is 6.03 Å². The van der Waals surface area contributed by atoms with Gasteiger partial charge in [0.1, 0.15) is 6.10 Å². The lowest BCUT2D eigenvalue weighted by molar-refractivity contribution is 0.00925. The number of hydrogen-bond donors (Lipinski definition) is 2. The zero-order valence-electron chi connectivity index (χ0n) is 12.3. The average molecular weight is 307 g/mol. The molecule has 0 saturated heterocycles. The second-order valence-corrected chi connectivity index (χ2v) is 5.83. The van der Waals surface area contributed by atoms with Crippen LogP contribution in [0, 0.1) is 0 Å². The number of hydrogen-bond acceptors (Lipinski definition) is 4. The van der Waals surface area contributed by atoms with Crippen LogP contribution in [-0.4, -0.2) is 29.3 Å². The molecule has 2 N–H and O–H groups in total. The van der Waals surface area contributed by atoms with Gasteiger partial charge in [-0.15, -0.1) is 11.3 Å². The summed E-state index contributed by atoms with van der Waals surface area (Å²) in [5, 5.41) is 8.02. The summed E-state index contributed by atoms with van der Waals surface area (Å²) in [6.07, 6.45) is 11.5. The van der Waals surface area contributed by atoms with Crippen LogP contribution >= 0.6 is 11.3 Å². The number of nitrogens with zero attached hydrogens (tertiary/aromatic N) is 1. The Kier molecular flexibility index (Phi) is 5.95. The fourth-order valence-corrected chi connectivity index (χ4v) is 2.68. The third-order valence-corrected chi connectivity index (χ3v) is 3.81. The normalized spacial score (nSPS) is 22.0. The number of urea groups is 1. The van der Waals surface area contributed by atoms with Gasteiger partial charge in [-0.05, 0) is 13.3 Å². The minimum atomic E-state index is -0.272. The van der Waals surface area contributed by atoms with E-state index in [0.717, 1.165) is 12.8 Å². The third-order valence-electron chi connectivity index (χ3n) is 3.12. The van der Waals surface area contributed by atoms with Gasteiger partial charge in [0.2, 0.25) is 0 Å². The minimum absolute atomic E-state index is 0.140. The predicted molar refractivity (Wildman–Crippen MR) is 85.6 cm³/mol. The molecular weight excluding hydrogens is 286 g/mol. The second kappa shape index (κ2) is 7.95. The Morgan fingerprint density at radius 1 is 1.48 bits per heavy atom. The van der Waals surface area contributed by atoms with E-state index in [-0.39, 0.29) is 24.3 Å². The van der Waals surface area contributed by atoms with Gasteiger partial charge in [0.15, 0.2) is 5.13 Å². The van der Waals surface area contributed by atoms with Crippen molar-refractivity contribution in [3.63, 3.8) is 0 Å². The van der Waals surface area contributed by atoms with Crippen molar-refractivity contribution in [2.24, 2.45) is 0 Å². The smallest absolute Gasteiger partial charge is 0.321 e. The van der Waals surface area contributed by atoms with Gasteiger partial charge in [-0.25, -0.2) is 9.78 Å². The summed E-state index contributed by atoms with van der Waals surface area (Å²) in [6, 6.07) is -0.444. The van der Waals surface area contributed by atoms with Crippen LogP contribution in [0.5, 0.6) is 0 Å². The molecular formula is C15H21N3O2S. The molecule has 0 aliphatic heterocycles. The summed E-state index contributed by atoms with van der Waals surface area (Å²) < 4.78 is 5.99. The fraction of sp³-hybridized carbons (Fsp3) is 0.467. The number of allylic oxidation sites excluding steroid dienone is 2. The first-order valence-corrected chi connectivity index (χ1v) is 8.04. The molecule has 0 bridgehead atoms. The molecule has 0 fully saturated rings. The van der Waals surface area contributed by atoms with E-state index in [1.807, 2.05) is 29.7 Å². The molecule has 0 saturated carbocycles. The van der Waals surface area contributed by atoms with Gasteiger partial charge in [-0.2, -0.15) is 0 Å². The molecule has 21 heavy (non-hydrogen) atoms. The molecule has 2 amide bonds. The first-order chi connectivity index (χ1) is 10.2. The summed E-state index contributed by atoms with van der Waals surface area (Å²) in [4.78, 5) is 16.0. The van der Waals surface area contributed by atoms with Crippen molar-refractivity contribution < 1.29 is 9.53 Å². The van der Waals surface area contributed by atoms with Crippen molar-refractivity contribution in [2.75, 3.05) is 5.32 Å². The summed E-state index contributed by atoms with van der Waals surface area (Å²) in [7, 11) is 0. The standard InChI is InChI=1S/C15H21N3O2S/c1-3-6-11(2)20-13-8-5-4-7-12(13)17-14(19)18-15-16-9-10-21-15/h4-5,7-13H,3,6H2,1-2H3,(H2,16,17,18,19). The number of anilines is 1. The molecule has 1 aromatic heterocycles. The summed E-state index contributed by atoms with van der Waals surface area (Å²) in [5.74, 6) is 0. The van der Waals surface area contributed by atoms with E-state index in [1.165, 1.54) is 11.3 Å². The van der Waals surface area contributed by atoms with Gasteiger partial charge < -0.3 is 10.1 Å². The average Bonchev–Trinajstić information content (AvgIpc) is 2.94. The molecule has 5 nitrogen and oxygen atoms in total. The van der Waals surface area contributed by atoms with Crippen molar-refractivity contribution in [1.29, 1.82) is 0 Å². The molecule has 2 rings (SSSR count). The Hall–Kier alpha value is -1.66. The highest BCUT2D eigenvalue weighted by Crippen LogP contribution is 2.15.